The lowest BCUT2D eigenvalue weighted by Gasteiger charge is -2.20. The van der Waals surface area contributed by atoms with E-state index in [4.69, 9.17) is 17.3 Å². The van der Waals surface area contributed by atoms with Crippen LogP contribution in [0.3, 0.4) is 0 Å². The Morgan fingerprint density at radius 3 is 2.50 bits per heavy atom. The Kier molecular flexibility index (Phi) is 3.67. The molecule has 0 spiro atoms. The number of aromatic nitrogens is 2. The molecule has 0 fully saturated rings. The molecule has 18 heavy (non-hydrogen) atoms. The minimum absolute atomic E-state index is 0.105. The van der Waals surface area contributed by atoms with Crippen molar-refractivity contribution in [2.75, 3.05) is 5.73 Å². The molecular weight excluding hydrogens is 334 g/mol. The molecule has 0 bridgehead atoms. The minimum atomic E-state index is -0.105. The average Bonchev–Trinajstić information content (AvgIpc) is 2.67. The van der Waals surface area contributed by atoms with Gasteiger partial charge in [-0.2, -0.15) is 0 Å². The van der Waals surface area contributed by atoms with Crippen molar-refractivity contribution < 1.29 is 0 Å². The molecule has 2 aromatic rings. The summed E-state index contributed by atoms with van der Waals surface area (Å²) in [6.07, 6.45) is 0. The van der Waals surface area contributed by atoms with E-state index in [1.54, 1.807) is 0 Å². The number of rotatable bonds is 1. The first-order valence-corrected chi connectivity index (χ1v) is 7.42. The molecule has 0 saturated carbocycles. The van der Waals surface area contributed by atoms with Gasteiger partial charge >= 0.3 is 0 Å². The zero-order valence-electron chi connectivity index (χ0n) is 10.3. The van der Waals surface area contributed by atoms with Crippen LogP contribution in [0.15, 0.2) is 15.9 Å². The number of thiophene rings is 1. The summed E-state index contributed by atoms with van der Waals surface area (Å²) in [4.78, 5) is 9.82. The number of nitrogens with two attached hydrogens (primary N) is 1. The first kappa shape index (κ1) is 13.8. The molecule has 96 valence electrons. The van der Waals surface area contributed by atoms with Crippen LogP contribution in [-0.2, 0) is 5.41 Å². The Hall–Kier alpha value is -0.650. The van der Waals surface area contributed by atoms with Crippen LogP contribution in [0.5, 0.6) is 0 Å². The van der Waals surface area contributed by atoms with Crippen LogP contribution in [0.1, 0.15) is 26.5 Å². The minimum Gasteiger partial charge on any atom is -0.383 e. The van der Waals surface area contributed by atoms with Gasteiger partial charge in [0.25, 0.3) is 0 Å². The molecule has 0 atom stereocenters. The van der Waals surface area contributed by atoms with Crippen molar-refractivity contribution in [3.63, 3.8) is 0 Å². The van der Waals surface area contributed by atoms with E-state index < -0.39 is 0 Å². The second-order valence-corrected chi connectivity index (χ2v) is 7.11. The first-order chi connectivity index (χ1) is 8.29. The highest BCUT2D eigenvalue weighted by atomic mass is 79.9. The molecule has 0 saturated heterocycles. The van der Waals surface area contributed by atoms with Crippen LogP contribution >= 0.6 is 38.9 Å². The Balaban J connectivity index is 2.61. The predicted molar refractivity (Wildman–Crippen MR) is 81.2 cm³/mol. The number of halogens is 2. The van der Waals surface area contributed by atoms with Gasteiger partial charge in [-0.15, -0.1) is 11.3 Å². The highest BCUT2D eigenvalue weighted by molar-refractivity contribution is 9.10. The molecule has 0 aromatic carbocycles. The maximum absolute atomic E-state index is 5.94. The Labute approximate surface area is 124 Å². The summed E-state index contributed by atoms with van der Waals surface area (Å²) in [6, 6.07) is 1.85. The number of anilines is 1. The molecule has 0 aliphatic carbocycles. The molecular formula is C12H13BrClN3S. The Morgan fingerprint density at radius 2 is 2.00 bits per heavy atom. The monoisotopic (exact) mass is 345 g/mol. The largest absolute Gasteiger partial charge is 0.383 e. The summed E-state index contributed by atoms with van der Waals surface area (Å²) < 4.78 is 0.765. The highest BCUT2D eigenvalue weighted by Crippen LogP contribution is 2.35. The van der Waals surface area contributed by atoms with Crippen molar-refractivity contribution in [1.29, 1.82) is 0 Å². The number of nitrogens with zero attached hydrogens (tertiary/aromatic N) is 2. The van der Waals surface area contributed by atoms with Gasteiger partial charge in [0.15, 0.2) is 5.82 Å². The molecule has 2 heterocycles. The van der Waals surface area contributed by atoms with E-state index >= 15 is 0 Å². The smallest absolute Gasteiger partial charge is 0.172 e. The van der Waals surface area contributed by atoms with Crippen LogP contribution in [0.2, 0.25) is 5.02 Å². The van der Waals surface area contributed by atoms with Crippen LogP contribution < -0.4 is 5.73 Å². The normalized spacial score (nSPS) is 11.8. The van der Waals surface area contributed by atoms with Gasteiger partial charge in [-0.05, 0) is 22.0 Å². The van der Waals surface area contributed by atoms with Gasteiger partial charge in [-0.25, -0.2) is 9.97 Å². The zero-order valence-corrected chi connectivity index (χ0v) is 13.4. The summed E-state index contributed by atoms with van der Waals surface area (Å²) >= 11 is 10.9. The molecule has 2 N–H and O–H groups in total. The fourth-order valence-corrected chi connectivity index (χ4v) is 3.28. The quantitative estimate of drug-likeness (QED) is 0.827. The molecule has 0 aliphatic heterocycles. The van der Waals surface area contributed by atoms with Crippen molar-refractivity contribution in [1.82, 2.24) is 9.97 Å². The van der Waals surface area contributed by atoms with Gasteiger partial charge < -0.3 is 5.73 Å². The van der Waals surface area contributed by atoms with Crippen LogP contribution in [0, 0.1) is 0 Å². The Morgan fingerprint density at radius 1 is 1.33 bits per heavy atom. The van der Waals surface area contributed by atoms with Crippen LogP contribution in [-0.4, -0.2) is 9.97 Å². The summed E-state index contributed by atoms with van der Waals surface area (Å²) in [5, 5.41) is 2.55. The van der Waals surface area contributed by atoms with Crippen molar-refractivity contribution in [3.05, 3.63) is 26.6 Å². The lowest BCUT2D eigenvalue weighted by molar-refractivity contribution is 0.565. The Bertz CT molecular complexity index is 589. The van der Waals surface area contributed by atoms with Gasteiger partial charge in [-0.3, -0.25) is 0 Å². The van der Waals surface area contributed by atoms with E-state index in [1.165, 1.54) is 11.3 Å². The van der Waals surface area contributed by atoms with Crippen LogP contribution in [0.4, 0.5) is 5.82 Å². The molecule has 6 heteroatoms. The number of hydrogen-bond donors (Lipinski definition) is 1. The third-order valence-electron chi connectivity index (χ3n) is 2.38. The average molecular weight is 347 g/mol. The molecule has 0 radical (unpaired) electrons. The summed E-state index contributed by atoms with van der Waals surface area (Å²) in [5.74, 6) is 1.08. The van der Waals surface area contributed by atoms with Crippen LogP contribution in [0.25, 0.3) is 10.7 Å². The zero-order chi connectivity index (χ0) is 13.5. The van der Waals surface area contributed by atoms with Gasteiger partial charge in [0.2, 0.25) is 0 Å². The first-order valence-electron chi connectivity index (χ1n) is 5.37. The lowest BCUT2D eigenvalue weighted by Crippen LogP contribution is -2.16. The van der Waals surface area contributed by atoms with Crippen molar-refractivity contribution in [2.24, 2.45) is 0 Å². The second kappa shape index (κ2) is 4.79. The summed E-state index contributed by atoms with van der Waals surface area (Å²) in [6.45, 7) is 6.26. The van der Waals surface area contributed by atoms with Crippen molar-refractivity contribution >= 4 is 44.7 Å². The highest BCUT2D eigenvalue weighted by Gasteiger charge is 2.23. The molecule has 3 nitrogen and oxygen atoms in total. The van der Waals surface area contributed by atoms with Crippen molar-refractivity contribution in [2.45, 2.75) is 26.2 Å². The third-order valence-corrected chi connectivity index (χ3v) is 4.43. The molecule has 0 aliphatic rings. The standard InChI is InChI=1S/C12H13BrClN3S/c1-12(2,3)9-8(13)10(15)17-11(16-9)7-4-6(14)5-18-7/h4-5H,1-3H3,(H2,15,16,17). The maximum atomic E-state index is 5.94. The molecule has 0 amide bonds. The second-order valence-electron chi connectivity index (χ2n) is 4.97. The topological polar surface area (TPSA) is 51.8 Å². The lowest BCUT2D eigenvalue weighted by atomic mass is 9.92. The summed E-state index contributed by atoms with van der Waals surface area (Å²) in [7, 11) is 0. The van der Waals surface area contributed by atoms with E-state index in [2.05, 4.69) is 46.7 Å². The van der Waals surface area contributed by atoms with E-state index in [0.717, 1.165) is 15.0 Å². The van der Waals surface area contributed by atoms with E-state index in [-0.39, 0.29) is 5.41 Å². The number of hydrogen-bond acceptors (Lipinski definition) is 4. The molecule has 0 unspecified atom stereocenters. The van der Waals surface area contributed by atoms with Gasteiger partial charge in [-0.1, -0.05) is 32.4 Å². The van der Waals surface area contributed by atoms with E-state index in [9.17, 15) is 0 Å². The van der Waals surface area contributed by atoms with Gasteiger partial charge in [0, 0.05) is 10.8 Å². The molecule has 2 aromatic heterocycles. The van der Waals surface area contributed by atoms with Gasteiger partial charge in [0.1, 0.15) is 5.82 Å². The summed E-state index contributed by atoms with van der Waals surface area (Å²) in [5.41, 5.74) is 6.73. The van der Waals surface area contributed by atoms with E-state index in [1.807, 2.05) is 11.4 Å². The third kappa shape index (κ3) is 2.68. The van der Waals surface area contributed by atoms with Crippen molar-refractivity contribution in [3.8, 4) is 10.7 Å². The maximum Gasteiger partial charge on any atom is 0.172 e. The van der Waals surface area contributed by atoms with Gasteiger partial charge in [0.05, 0.1) is 20.1 Å². The van der Waals surface area contributed by atoms with E-state index in [0.29, 0.717) is 16.7 Å². The number of nitrogen functional groups attached to an aromatic ring is 1. The predicted octanol–water partition coefficient (Wildman–Crippen LogP) is 4.50. The SMILES string of the molecule is CC(C)(C)c1nc(-c2cc(Cl)cs2)nc(N)c1Br. The fourth-order valence-electron chi connectivity index (χ4n) is 1.50. The fraction of sp³-hybridized carbons (Fsp3) is 0.333. The molecule has 2 rings (SSSR count).